The Morgan fingerprint density at radius 1 is 0.500 bits per heavy atom. The molecule has 0 radical (unpaired) electrons. The highest BCUT2D eigenvalue weighted by Crippen LogP contribution is 2.60. The molecule has 52 heavy (non-hydrogen) atoms. The van der Waals surface area contributed by atoms with Crippen LogP contribution in [0.25, 0.3) is 76.3 Å². The van der Waals surface area contributed by atoms with E-state index in [-0.39, 0.29) is 10.8 Å². The number of rotatable bonds is 3. The molecule has 3 aliphatic rings. The molecule has 3 heteroatoms. The van der Waals surface area contributed by atoms with Crippen LogP contribution < -0.4 is 0 Å². The van der Waals surface area contributed by atoms with Crippen LogP contribution in [0.15, 0.2) is 133 Å². The molecule has 0 N–H and O–H groups in total. The van der Waals surface area contributed by atoms with Crippen LogP contribution in [0.5, 0.6) is 0 Å². The third-order valence-corrected chi connectivity index (χ3v) is 13.6. The fourth-order valence-corrected chi connectivity index (χ4v) is 11.0. The summed E-state index contributed by atoms with van der Waals surface area (Å²) in [5.41, 5.74) is 17.4. The number of aromatic nitrogens is 2. The van der Waals surface area contributed by atoms with Crippen molar-refractivity contribution in [1.82, 2.24) is 9.97 Å². The third-order valence-electron chi connectivity index (χ3n) is 12.5. The maximum Gasteiger partial charge on any atom is 0.161 e. The summed E-state index contributed by atoms with van der Waals surface area (Å²) in [6, 6.07) is 49.6. The van der Waals surface area contributed by atoms with Crippen molar-refractivity contribution in [2.45, 2.75) is 56.8 Å². The van der Waals surface area contributed by atoms with E-state index in [0.717, 1.165) is 32.9 Å². The lowest BCUT2D eigenvalue weighted by molar-refractivity contribution is 0.353. The molecule has 0 unspecified atom stereocenters. The van der Waals surface area contributed by atoms with Crippen LogP contribution in [0.1, 0.15) is 68.2 Å². The van der Waals surface area contributed by atoms with Crippen LogP contribution in [-0.4, -0.2) is 9.97 Å². The van der Waals surface area contributed by atoms with Gasteiger partial charge in [-0.1, -0.05) is 136 Å². The molecule has 11 rings (SSSR count). The zero-order chi connectivity index (χ0) is 34.6. The molecule has 1 saturated carbocycles. The summed E-state index contributed by atoms with van der Waals surface area (Å²) in [6.07, 6.45) is 6.30. The molecule has 6 aromatic carbocycles. The van der Waals surface area contributed by atoms with E-state index < -0.39 is 0 Å². The van der Waals surface area contributed by atoms with Crippen molar-refractivity contribution in [3.05, 3.63) is 156 Å². The van der Waals surface area contributed by atoms with E-state index in [9.17, 15) is 0 Å². The Bertz CT molecular complexity index is 2750. The molecular formula is C49H38N2S. The largest absolute Gasteiger partial charge is 0.227 e. The van der Waals surface area contributed by atoms with Crippen molar-refractivity contribution in [2.75, 3.05) is 0 Å². The van der Waals surface area contributed by atoms with Crippen molar-refractivity contribution in [2.24, 2.45) is 0 Å². The highest BCUT2D eigenvalue weighted by molar-refractivity contribution is 7.25. The van der Waals surface area contributed by atoms with Gasteiger partial charge >= 0.3 is 0 Å². The van der Waals surface area contributed by atoms with Crippen LogP contribution in [0.4, 0.5) is 0 Å². The molecule has 2 aromatic heterocycles. The van der Waals surface area contributed by atoms with Gasteiger partial charge in [0.1, 0.15) is 4.83 Å². The van der Waals surface area contributed by atoms with Crippen molar-refractivity contribution in [3.8, 4) is 56.0 Å². The highest BCUT2D eigenvalue weighted by Gasteiger charge is 2.46. The molecular weight excluding hydrogens is 649 g/mol. The summed E-state index contributed by atoms with van der Waals surface area (Å²) in [6.45, 7) is 4.80. The standard InChI is InChI=1S/C49H38N2S/c1-48(2)39-20-9-7-18-34(39)37-29-42-38(28-40(37)48)35-23-22-32(27-41(35)49(42)24-11-4-12-25-49)31-16-13-17-33(26-31)46-50-45(30-14-5-3-6-15-30)44-36-19-8-10-21-43(36)52-47(44)51-46/h3,5-10,13-23,26-29H,4,11-12,24-25H2,1-2H3. The Morgan fingerprint density at radius 2 is 1.17 bits per heavy atom. The Balaban J connectivity index is 1.05. The fraction of sp³-hybridized carbons (Fsp3) is 0.184. The van der Waals surface area contributed by atoms with Crippen LogP contribution in [0, 0.1) is 0 Å². The molecule has 0 atom stereocenters. The summed E-state index contributed by atoms with van der Waals surface area (Å²) in [5, 5.41) is 2.36. The molecule has 2 heterocycles. The van der Waals surface area contributed by atoms with Gasteiger partial charge in [-0.15, -0.1) is 11.3 Å². The molecule has 8 aromatic rings. The minimum Gasteiger partial charge on any atom is -0.227 e. The Labute approximate surface area is 308 Å². The van der Waals surface area contributed by atoms with Gasteiger partial charge in [-0.3, -0.25) is 0 Å². The number of hydrogen-bond donors (Lipinski definition) is 0. The zero-order valence-electron chi connectivity index (χ0n) is 29.5. The van der Waals surface area contributed by atoms with Crippen molar-refractivity contribution < 1.29 is 0 Å². The first kappa shape index (κ1) is 30.3. The van der Waals surface area contributed by atoms with Crippen LogP contribution in [0.3, 0.4) is 0 Å². The van der Waals surface area contributed by atoms with Crippen LogP contribution in [0.2, 0.25) is 0 Å². The zero-order valence-corrected chi connectivity index (χ0v) is 30.4. The smallest absolute Gasteiger partial charge is 0.161 e. The molecule has 0 aliphatic heterocycles. The predicted octanol–water partition coefficient (Wildman–Crippen LogP) is 13.4. The lowest BCUT2D eigenvalue weighted by Crippen LogP contribution is -2.28. The fourth-order valence-electron chi connectivity index (χ4n) is 9.96. The Morgan fingerprint density at radius 3 is 2.06 bits per heavy atom. The number of nitrogens with zero attached hydrogens (tertiary/aromatic N) is 2. The molecule has 0 bridgehead atoms. The SMILES string of the molecule is CC1(C)c2ccccc2-c2cc3c(cc21)-c1ccc(-c2cccc(-c4nc(-c5ccccc5)c5c(n4)sc4ccccc45)c2)cc1C31CCCCC1. The van der Waals surface area contributed by atoms with E-state index in [1.54, 1.807) is 16.9 Å². The summed E-state index contributed by atoms with van der Waals surface area (Å²) in [7, 11) is 0. The second kappa shape index (κ2) is 11.1. The maximum absolute atomic E-state index is 5.31. The van der Waals surface area contributed by atoms with E-state index in [0.29, 0.717) is 0 Å². The van der Waals surface area contributed by atoms with Gasteiger partial charge in [-0.25, -0.2) is 9.97 Å². The van der Waals surface area contributed by atoms with E-state index in [1.165, 1.54) is 92.3 Å². The predicted molar refractivity (Wildman–Crippen MR) is 218 cm³/mol. The lowest BCUT2D eigenvalue weighted by atomic mass is 9.67. The summed E-state index contributed by atoms with van der Waals surface area (Å²) in [4.78, 5) is 11.6. The van der Waals surface area contributed by atoms with E-state index in [2.05, 4.69) is 147 Å². The van der Waals surface area contributed by atoms with Gasteiger partial charge in [0.15, 0.2) is 5.82 Å². The third kappa shape index (κ3) is 4.23. The van der Waals surface area contributed by atoms with Crippen molar-refractivity contribution in [1.29, 1.82) is 0 Å². The van der Waals surface area contributed by atoms with Gasteiger partial charge in [0, 0.05) is 37.4 Å². The van der Waals surface area contributed by atoms with Crippen molar-refractivity contribution >= 4 is 31.6 Å². The minimum atomic E-state index is -0.00881. The first-order valence-corrected chi connectivity index (χ1v) is 19.6. The van der Waals surface area contributed by atoms with E-state index in [4.69, 9.17) is 9.97 Å². The van der Waals surface area contributed by atoms with Gasteiger partial charge in [-0.05, 0) is 98.8 Å². The van der Waals surface area contributed by atoms with E-state index >= 15 is 0 Å². The molecule has 1 spiro atoms. The molecule has 0 saturated heterocycles. The maximum atomic E-state index is 5.31. The van der Waals surface area contributed by atoms with Gasteiger partial charge in [-0.2, -0.15) is 0 Å². The number of thiophene rings is 1. The molecule has 250 valence electrons. The summed E-state index contributed by atoms with van der Waals surface area (Å²) in [5.74, 6) is 0.773. The first-order valence-electron chi connectivity index (χ1n) is 18.8. The van der Waals surface area contributed by atoms with Gasteiger partial charge in [0.05, 0.1) is 5.69 Å². The lowest BCUT2D eigenvalue weighted by Gasteiger charge is -2.36. The minimum absolute atomic E-state index is 0.00881. The van der Waals surface area contributed by atoms with E-state index in [1.807, 2.05) is 0 Å². The summed E-state index contributed by atoms with van der Waals surface area (Å²) < 4.78 is 1.24. The second-order valence-electron chi connectivity index (χ2n) is 15.6. The second-order valence-corrected chi connectivity index (χ2v) is 16.7. The van der Waals surface area contributed by atoms with Crippen LogP contribution >= 0.6 is 11.3 Å². The quantitative estimate of drug-likeness (QED) is 0.185. The Kier molecular flexibility index (Phi) is 6.44. The van der Waals surface area contributed by atoms with Gasteiger partial charge in [0.2, 0.25) is 0 Å². The average Bonchev–Trinajstić information content (AvgIpc) is 3.78. The number of benzene rings is 6. The van der Waals surface area contributed by atoms with Gasteiger partial charge in [0.25, 0.3) is 0 Å². The molecule has 2 nitrogen and oxygen atoms in total. The average molecular weight is 687 g/mol. The first-order chi connectivity index (χ1) is 25.5. The monoisotopic (exact) mass is 686 g/mol. The normalized spacial score (nSPS) is 16.2. The van der Waals surface area contributed by atoms with Crippen molar-refractivity contribution in [3.63, 3.8) is 0 Å². The number of fused-ring (bicyclic) bond motifs is 11. The molecule has 1 fully saturated rings. The topological polar surface area (TPSA) is 25.8 Å². The molecule has 3 aliphatic carbocycles. The van der Waals surface area contributed by atoms with Gasteiger partial charge < -0.3 is 0 Å². The molecule has 0 amide bonds. The summed E-state index contributed by atoms with van der Waals surface area (Å²) >= 11 is 1.75. The number of hydrogen-bond acceptors (Lipinski definition) is 3. The van der Waals surface area contributed by atoms with Crippen LogP contribution in [-0.2, 0) is 10.8 Å². The Hall–Kier alpha value is -5.38. The highest BCUT2D eigenvalue weighted by atomic mass is 32.1.